The summed E-state index contributed by atoms with van der Waals surface area (Å²) in [6.07, 6.45) is 4.73. The monoisotopic (exact) mass is 334 g/mol. The molecule has 0 atom stereocenters. The van der Waals surface area contributed by atoms with Gasteiger partial charge < -0.3 is 10.2 Å². The number of amides is 2. The van der Waals surface area contributed by atoms with Crippen LogP contribution in [0.1, 0.15) is 44.6 Å². The lowest BCUT2D eigenvalue weighted by Gasteiger charge is -2.31. The quantitative estimate of drug-likeness (QED) is 0.780. The standard InChI is InChI=1S/C19H27FN2O2/c1-2-3-6-11-21-19(24)15-9-12-22(13-10-15)18(23)14-16-7-4-5-8-17(16)20/h4-5,7-8,15H,2-3,6,9-14H2,1H3,(H,21,24). The van der Waals surface area contributed by atoms with E-state index in [1.54, 1.807) is 23.1 Å². The molecule has 1 aliphatic rings. The molecule has 1 aromatic carbocycles. The Hall–Kier alpha value is -1.91. The Balaban J connectivity index is 1.75. The largest absolute Gasteiger partial charge is 0.356 e. The van der Waals surface area contributed by atoms with Crippen LogP contribution >= 0.6 is 0 Å². The van der Waals surface area contributed by atoms with Gasteiger partial charge in [0.1, 0.15) is 5.82 Å². The average molecular weight is 334 g/mol. The molecule has 1 saturated heterocycles. The summed E-state index contributed by atoms with van der Waals surface area (Å²) in [5, 5.41) is 2.99. The van der Waals surface area contributed by atoms with Gasteiger partial charge in [-0.3, -0.25) is 9.59 Å². The third kappa shape index (κ3) is 5.32. The third-order valence-electron chi connectivity index (χ3n) is 4.60. The predicted octanol–water partition coefficient (Wildman–Crippen LogP) is 2.91. The molecule has 0 unspecified atom stereocenters. The zero-order valence-corrected chi connectivity index (χ0v) is 14.4. The number of unbranched alkanes of at least 4 members (excludes halogenated alkanes) is 2. The van der Waals surface area contributed by atoms with Crippen LogP contribution in [0.5, 0.6) is 0 Å². The Morgan fingerprint density at radius 2 is 1.92 bits per heavy atom. The summed E-state index contributed by atoms with van der Waals surface area (Å²) in [5.74, 6) is -0.314. The fourth-order valence-corrected chi connectivity index (χ4v) is 3.04. The molecule has 1 N–H and O–H groups in total. The number of benzene rings is 1. The summed E-state index contributed by atoms with van der Waals surface area (Å²) in [6, 6.07) is 6.37. The number of rotatable bonds is 7. The van der Waals surface area contributed by atoms with E-state index in [1.165, 1.54) is 6.07 Å². The van der Waals surface area contributed by atoms with Crippen LogP contribution in [0.15, 0.2) is 24.3 Å². The van der Waals surface area contributed by atoms with Crippen molar-refractivity contribution in [1.82, 2.24) is 10.2 Å². The van der Waals surface area contributed by atoms with Crippen molar-refractivity contribution in [2.24, 2.45) is 5.92 Å². The first-order valence-corrected chi connectivity index (χ1v) is 8.90. The predicted molar refractivity (Wildman–Crippen MR) is 91.9 cm³/mol. The second-order valence-electron chi connectivity index (χ2n) is 6.42. The summed E-state index contributed by atoms with van der Waals surface area (Å²) in [7, 11) is 0. The Labute approximate surface area is 143 Å². The molecule has 5 heteroatoms. The van der Waals surface area contributed by atoms with E-state index in [9.17, 15) is 14.0 Å². The minimum absolute atomic E-state index is 0.0101. The summed E-state index contributed by atoms with van der Waals surface area (Å²) in [4.78, 5) is 26.2. The first-order chi connectivity index (χ1) is 11.6. The van der Waals surface area contributed by atoms with Gasteiger partial charge in [0, 0.05) is 25.6 Å². The average Bonchev–Trinajstić information content (AvgIpc) is 2.60. The van der Waals surface area contributed by atoms with Crippen molar-refractivity contribution in [3.05, 3.63) is 35.6 Å². The summed E-state index contributed by atoms with van der Waals surface area (Å²) >= 11 is 0. The van der Waals surface area contributed by atoms with Crippen LogP contribution in [0.2, 0.25) is 0 Å². The first-order valence-electron chi connectivity index (χ1n) is 8.90. The Bertz CT molecular complexity index is 554. The van der Waals surface area contributed by atoms with Crippen molar-refractivity contribution in [2.75, 3.05) is 19.6 Å². The van der Waals surface area contributed by atoms with Gasteiger partial charge in [-0.15, -0.1) is 0 Å². The number of carbonyl (C=O) groups is 2. The molecule has 4 nitrogen and oxygen atoms in total. The highest BCUT2D eigenvalue weighted by Crippen LogP contribution is 2.19. The highest BCUT2D eigenvalue weighted by molar-refractivity contribution is 5.81. The van der Waals surface area contributed by atoms with Crippen LogP contribution in [0.3, 0.4) is 0 Å². The van der Waals surface area contributed by atoms with Crippen molar-refractivity contribution < 1.29 is 14.0 Å². The molecule has 1 heterocycles. The normalized spacial score (nSPS) is 15.3. The van der Waals surface area contributed by atoms with E-state index in [2.05, 4.69) is 12.2 Å². The van der Waals surface area contributed by atoms with Crippen molar-refractivity contribution in [3.8, 4) is 0 Å². The van der Waals surface area contributed by atoms with E-state index in [-0.39, 0.29) is 30.0 Å². The SMILES string of the molecule is CCCCCNC(=O)C1CCN(C(=O)Cc2ccccc2F)CC1. The van der Waals surface area contributed by atoms with Crippen molar-refractivity contribution in [2.45, 2.75) is 45.4 Å². The molecule has 0 radical (unpaired) electrons. The van der Waals surface area contributed by atoms with Gasteiger partial charge in [-0.25, -0.2) is 4.39 Å². The number of likely N-dealkylation sites (tertiary alicyclic amines) is 1. The van der Waals surface area contributed by atoms with Crippen molar-refractivity contribution in [1.29, 1.82) is 0 Å². The molecule has 2 amide bonds. The van der Waals surface area contributed by atoms with Gasteiger partial charge in [-0.1, -0.05) is 38.0 Å². The molecule has 132 valence electrons. The number of nitrogens with one attached hydrogen (secondary N) is 1. The smallest absolute Gasteiger partial charge is 0.227 e. The Kier molecular flexibility index (Phi) is 7.22. The molecule has 0 saturated carbocycles. The molecular formula is C19H27FN2O2. The van der Waals surface area contributed by atoms with Gasteiger partial charge in [0.2, 0.25) is 11.8 Å². The van der Waals surface area contributed by atoms with Gasteiger partial charge in [0.15, 0.2) is 0 Å². The molecule has 0 aliphatic carbocycles. The summed E-state index contributed by atoms with van der Waals surface area (Å²) in [5.41, 5.74) is 0.429. The van der Waals surface area contributed by atoms with Crippen LogP contribution < -0.4 is 5.32 Å². The van der Waals surface area contributed by atoms with Crippen molar-refractivity contribution in [3.63, 3.8) is 0 Å². The van der Waals surface area contributed by atoms with E-state index in [0.29, 0.717) is 31.5 Å². The lowest BCUT2D eigenvalue weighted by atomic mass is 9.95. The molecule has 24 heavy (non-hydrogen) atoms. The Morgan fingerprint density at radius 1 is 1.21 bits per heavy atom. The maximum absolute atomic E-state index is 13.6. The van der Waals surface area contributed by atoms with Crippen LogP contribution in [-0.4, -0.2) is 36.3 Å². The van der Waals surface area contributed by atoms with E-state index < -0.39 is 0 Å². The minimum atomic E-state index is -0.341. The lowest BCUT2D eigenvalue weighted by molar-refractivity contribution is -0.135. The van der Waals surface area contributed by atoms with Crippen LogP contribution in [-0.2, 0) is 16.0 Å². The molecular weight excluding hydrogens is 307 g/mol. The molecule has 0 spiro atoms. The van der Waals surface area contributed by atoms with Crippen LogP contribution in [0.4, 0.5) is 4.39 Å². The van der Waals surface area contributed by atoms with Gasteiger partial charge in [-0.05, 0) is 30.9 Å². The van der Waals surface area contributed by atoms with Gasteiger partial charge in [0.25, 0.3) is 0 Å². The maximum Gasteiger partial charge on any atom is 0.227 e. The van der Waals surface area contributed by atoms with Crippen molar-refractivity contribution >= 4 is 11.8 Å². The van der Waals surface area contributed by atoms with Gasteiger partial charge in [0.05, 0.1) is 6.42 Å². The number of hydrogen-bond donors (Lipinski definition) is 1. The number of nitrogens with zero attached hydrogens (tertiary/aromatic N) is 1. The fourth-order valence-electron chi connectivity index (χ4n) is 3.04. The number of carbonyl (C=O) groups excluding carboxylic acids is 2. The number of piperidine rings is 1. The molecule has 1 aliphatic heterocycles. The summed E-state index contributed by atoms with van der Waals surface area (Å²) < 4.78 is 13.6. The zero-order valence-electron chi connectivity index (χ0n) is 14.4. The summed E-state index contributed by atoms with van der Waals surface area (Å²) in [6.45, 7) is 4.01. The fraction of sp³-hybridized carbons (Fsp3) is 0.579. The Morgan fingerprint density at radius 3 is 2.58 bits per heavy atom. The zero-order chi connectivity index (χ0) is 17.4. The second kappa shape index (κ2) is 9.40. The van der Waals surface area contributed by atoms with E-state index >= 15 is 0 Å². The van der Waals surface area contributed by atoms with Gasteiger partial charge >= 0.3 is 0 Å². The van der Waals surface area contributed by atoms with E-state index in [0.717, 1.165) is 25.8 Å². The number of hydrogen-bond acceptors (Lipinski definition) is 2. The minimum Gasteiger partial charge on any atom is -0.356 e. The molecule has 1 fully saturated rings. The van der Waals surface area contributed by atoms with E-state index in [4.69, 9.17) is 0 Å². The maximum atomic E-state index is 13.6. The van der Waals surface area contributed by atoms with Crippen LogP contribution in [0, 0.1) is 11.7 Å². The third-order valence-corrected chi connectivity index (χ3v) is 4.60. The highest BCUT2D eigenvalue weighted by Gasteiger charge is 2.27. The topological polar surface area (TPSA) is 49.4 Å². The first kappa shape index (κ1) is 18.4. The highest BCUT2D eigenvalue weighted by atomic mass is 19.1. The molecule has 0 bridgehead atoms. The second-order valence-corrected chi connectivity index (χ2v) is 6.42. The van der Waals surface area contributed by atoms with E-state index in [1.807, 2.05) is 0 Å². The number of halogens is 1. The molecule has 2 rings (SSSR count). The molecule has 0 aromatic heterocycles. The molecule has 1 aromatic rings. The lowest BCUT2D eigenvalue weighted by Crippen LogP contribution is -2.43. The van der Waals surface area contributed by atoms with Gasteiger partial charge in [-0.2, -0.15) is 0 Å². The van der Waals surface area contributed by atoms with Crippen LogP contribution in [0.25, 0.3) is 0 Å².